The Hall–Kier alpha value is -1.96. The summed E-state index contributed by atoms with van der Waals surface area (Å²) in [5.41, 5.74) is 0.113. The second-order valence-electron chi connectivity index (χ2n) is 4.22. The molecule has 0 fully saturated rings. The molecule has 0 aliphatic heterocycles. The van der Waals surface area contributed by atoms with Gasteiger partial charge in [0.1, 0.15) is 6.54 Å². The number of carboxylic acids is 1. The summed E-state index contributed by atoms with van der Waals surface area (Å²) in [7, 11) is 3.83. The first kappa shape index (κ1) is 14.1. The molecule has 0 saturated carbocycles. The van der Waals surface area contributed by atoms with Gasteiger partial charge in [-0.15, -0.1) is 5.10 Å². The predicted molar refractivity (Wildman–Crippen MR) is 63.1 cm³/mol. The summed E-state index contributed by atoms with van der Waals surface area (Å²) in [5.74, 6) is -1.39. The number of carboxylic acid groups (broad SMARTS) is 1. The molecule has 1 unspecified atom stereocenters. The van der Waals surface area contributed by atoms with Gasteiger partial charge in [0.25, 0.3) is 5.91 Å². The van der Waals surface area contributed by atoms with Crippen LogP contribution in [0.25, 0.3) is 0 Å². The van der Waals surface area contributed by atoms with Crippen molar-refractivity contribution in [1.82, 2.24) is 25.2 Å². The molecular weight excluding hydrogens is 238 g/mol. The van der Waals surface area contributed by atoms with Gasteiger partial charge in [-0.1, -0.05) is 5.21 Å². The Morgan fingerprint density at radius 1 is 1.56 bits per heavy atom. The quantitative estimate of drug-likeness (QED) is 0.679. The molecule has 1 rings (SSSR count). The van der Waals surface area contributed by atoms with Gasteiger partial charge < -0.3 is 15.3 Å². The Kier molecular flexibility index (Phi) is 4.78. The number of nitrogens with zero attached hydrogens (tertiary/aromatic N) is 4. The average molecular weight is 255 g/mol. The molecule has 1 heterocycles. The highest BCUT2D eigenvalue weighted by molar-refractivity contribution is 5.91. The van der Waals surface area contributed by atoms with Gasteiger partial charge in [-0.2, -0.15) is 0 Å². The van der Waals surface area contributed by atoms with Crippen LogP contribution in [0.2, 0.25) is 0 Å². The Labute approximate surface area is 105 Å². The average Bonchev–Trinajstić information content (AvgIpc) is 2.72. The van der Waals surface area contributed by atoms with Crippen LogP contribution in [0.3, 0.4) is 0 Å². The topological polar surface area (TPSA) is 100 Å². The molecule has 0 aliphatic rings. The van der Waals surface area contributed by atoms with Crippen LogP contribution in [0.1, 0.15) is 17.4 Å². The van der Waals surface area contributed by atoms with E-state index in [4.69, 9.17) is 5.11 Å². The first-order valence-corrected chi connectivity index (χ1v) is 5.46. The molecule has 0 saturated heterocycles. The number of hydrogen-bond acceptors (Lipinski definition) is 5. The molecule has 0 bridgehead atoms. The second-order valence-corrected chi connectivity index (χ2v) is 4.22. The van der Waals surface area contributed by atoms with Gasteiger partial charge >= 0.3 is 5.97 Å². The fraction of sp³-hybridized carbons (Fsp3) is 0.600. The van der Waals surface area contributed by atoms with Crippen molar-refractivity contribution in [2.24, 2.45) is 0 Å². The zero-order chi connectivity index (χ0) is 13.7. The maximum atomic E-state index is 11.7. The van der Waals surface area contributed by atoms with Crippen molar-refractivity contribution < 1.29 is 14.7 Å². The normalized spacial score (nSPS) is 12.4. The number of amides is 1. The van der Waals surface area contributed by atoms with Crippen LogP contribution < -0.4 is 5.32 Å². The van der Waals surface area contributed by atoms with E-state index in [9.17, 15) is 9.59 Å². The number of carbonyl (C=O) groups excluding carboxylic acids is 1. The number of aliphatic carboxylic acids is 1. The molecule has 1 aromatic heterocycles. The van der Waals surface area contributed by atoms with Crippen LogP contribution in [0.15, 0.2) is 6.20 Å². The summed E-state index contributed by atoms with van der Waals surface area (Å²) in [6, 6.07) is 0.197. The van der Waals surface area contributed by atoms with Crippen LogP contribution in [0.5, 0.6) is 0 Å². The van der Waals surface area contributed by atoms with E-state index in [1.165, 1.54) is 6.20 Å². The van der Waals surface area contributed by atoms with Crippen molar-refractivity contribution >= 4 is 11.9 Å². The van der Waals surface area contributed by atoms with Crippen molar-refractivity contribution in [1.29, 1.82) is 0 Å². The van der Waals surface area contributed by atoms with Crippen LogP contribution in [-0.4, -0.2) is 63.6 Å². The zero-order valence-corrected chi connectivity index (χ0v) is 10.6. The third-order valence-corrected chi connectivity index (χ3v) is 2.51. The Morgan fingerprint density at radius 3 is 2.78 bits per heavy atom. The SMILES string of the molecule is CC(CNC(=O)c1cn(CC(=O)O)nn1)N(C)C. The summed E-state index contributed by atoms with van der Waals surface area (Å²) >= 11 is 0. The van der Waals surface area contributed by atoms with Crippen molar-refractivity contribution in [2.75, 3.05) is 20.6 Å². The molecule has 1 aromatic rings. The minimum Gasteiger partial charge on any atom is -0.480 e. The lowest BCUT2D eigenvalue weighted by atomic mass is 10.3. The van der Waals surface area contributed by atoms with E-state index < -0.39 is 5.97 Å². The van der Waals surface area contributed by atoms with E-state index in [0.717, 1.165) is 4.68 Å². The van der Waals surface area contributed by atoms with E-state index in [-0.39, 0.29) is 24.2 Å². The van der Waals surface area contributed by atoms with Crippen LogP contribution >= 0.6 is 0 Å². The predicted octanol–water partition coefficient (Wildman–Crippen LogP) is -0.957. The van der Waals surface area contributed by atoms with Crippen molar-refractivity contribution in [3.05, 3.63) is 11.9 Å². The Bertz CT molecular complexity index is 429. The van der Waals surface area contributed by atoms with Gasteiger partial charge in [0.15, 0.2) is 5.69 Å². The summed E-state index contributed by atoms with van der Waals surface area (Å²) in [5, 5.41) is 18.4. The largest absolute Gasteiger partial charge is 0.480 e. The molecule has 1 atom stereocenters. The number of likely N-dealkylation sites (N-methyl/N-ethyl adjacent to an activating group) is 1. The summed E-state index contributed by atoms with van der Waals surface area (Å²) in [6.45, 7) is 2.15. The Balaban J connectivity index is 2.51. The van der Waals surface area contributed by atoms with E-state index in [0.29, 0.717) is 6.54 Å². The first-order valence-electron chi connectivity index (χ1n) is 5.46. The molecule has 0 radical (unpaired) electrons. The van der Waals surface area contributed by atoms with Gasteiger partial charge in [0.2, 0.25) is 0 Å². The number of rotatable bonds is 6. The highest BCUT2D eigenvalue weighted by Crippen LogP contribution is 1.95. The zero-order valence-electron chi connectivity index (χ0n) is 10.6. The molecule has 100 valence electrons. The molecule has 0 spiro atoms. The fourth-order valence-electron chi connectivity index (χ4n) is 1.13. The third-order valence-electron chi connectivity index (χ3n) is 2.51. The Morgan fingerprint density at radius 2 is 2.22 bits per heavy atom. The molecule has 8 nitrogen and oxygen atoms in total. The summed E-state index contributed by atoms with van der Waals surface area (Å²) in [6.07, 6.45) is 1.31. The molecule has 0 aliphatic carbocycles. The van der Waals surface area contributed by atoms with Crippen molar-refractivity contribution in [3.8, 4) is 0 Å². The minimum absolute atomic E-state index is 0.113. The van der Waals surface area contributed by atoms with E-state index >= 15 is 0 Å². The molecule has 2 N–H and O–H groups in total. The summed E-state index contributed by atoms with van der Waals surface area (Å²) in [4.78, 5) is 24.1. The maximum absolute atomic E-state index is 11.7. The first-order chi connectivity index (χ1) is 8.40. The van der Waals surface area contributed by atoms with Crippen LogP contribution in [0.4, 0.5) is 0 Å². The third kappa shape index (κ3) is 4.13. The fourth-order valence-corrected chi connectivity index (χ4v) is 1.13. The molecular formula is C10H17N5O3. The van der Waals surface area contributed by atoms with Crippen molar-refractivity contribution in [2.45, 2.75) is 19.5 Å². The number of carbonyl (C=O) groups is 2. The van der Waals surface area contributed by atoms with Crippen LogP contribution in [-0.2, 0) is 11.3 Å². The molecule has 8 heteroatoms. The van der Waals surface area contributed by atoms with E-state index in [2.05, 4.69) is 15.6 Å². The van der Waals surface area contributed by atoms with Crippen molar-refractivity contribution in [3.63, 3.8) is 0 Å². The van der Waals surface area contributed by atoms with Gasteiger partial charge in [-0.3, -0.25) is 9.59 Å². The van der Waals surface area contributed by atoms with Gasteiger partial charge in [-0.25, -0.2) is 4.68 Å². The van der Waals surface area contributed by atoms with E-state index in [1.807, 2.05) is 25.9 Å². The van der Waals surface area contributed by atoms with Gasteiger partial charge in [0, 0.05) is 12.6 Å². The minimum atomic E-state index is -1.03. The second kappa shape index (κ2) is 6.10. The highest BCUT2D eigenvalue weighted by Gasteiger charge is 2.13. The number of nitrogens with one attached hydrogen (secondary N) is 1. The van der Waals surface area contributed by atoms with E-state index in [1.54, 1.807) is 0 Å². The highest BCUT2D eigenvalue weighted by atomic mass is 16.4. The standard InChI is InChI=1S/C10H17N5O3/c1-7(14(2)3)4-11-10(18)8-5-15(13-12-8)6-9(16)17/h5,7H,4,6H2,1-3H3,(H,11,18)(H,16,17). The summed E-state index contributed by atoms with van der Waals surface area (Å²) < 4.78 is 1.10. The number of aromatic nitrogens is 3. The van der Waals surface area contributed by atoms with Gasteiger partial charge in [-0.05, 0) is 21.0 Å². The van der Waals surface area contributed by atoms with Crippen LogP contribution in [0, 0.1) is 0 Å². The van der Waals surface area contributed by atoms with Gasteiger partial charge in [0.05, 0.1) is 6.20 Å². The lowest BCUT2D eigenvalue weighted by Crippen LogP contribution is -2.38. The molecule has 0 aromatic carbocycles. The lowest BCUT2D eigenvalue weighted by molar-refractivity contribution is -0.137. The lowest BCUT2D eigenvalue weighted by Gasteiger charge is -2.19. The number of hydrogen-bond donors (Lipinski definition) is 2. The molecule has 18 heavy (non-hydrogen) atoms. The maximum Gasteiger partial charge on any atom is 0.325 e. The monoisotopic (exact) mass is 255 g/mol. The molecule has 1 amide bonds. The smallest absolute Gasteiger partial charge is 0.325 e.